The number of carbonyl (C=O) groups excluding carboxylic acids is 6. The maximum Gasteiger partial charge on any atom is 0.289 e. The van der Waals surface area contributed by atoms with Crippen LogP contribution in [0.1, 0.15) is 98.0 Å². The second-order valence-corrected chi connectivity index (χ2v) is 15.4. The first-order chi connectivity index (χ1) is 22.5. The van der Waals surface area contributed by atoms with Crippen LogP contribution in [0, 0.1) is 35.0 Å². The van der Waals surface area contributed by atoms with Gasteiger partial charge in [0, 0.05) is 25.0 Å². The number of Topliss-reactive ketones (excluding diaryl/α,β-unsaturated/α-hetero) is 1. The third-order valence-electron chi connectivity index (χ3n) is 10.6. The highest BCUT2D eigenvalue weighted by Gasteiger charge is 2.55. The number of hydrogen-bond acceptors (Lipinski definition) is 8. The fourth-order valence-corrected chi connectivity index (χ4v) is 7.18. The summed E-state index contributed by atoms with van der Waals surface area (Å²) in [4.78, 5) is 91.0. The molecule has 1 saturated carbocycles. The summed E-state index contributed by atoms with van der Waals surface area (Å²) < 4.78 is 0. The Labute approximate surface area is 283 Å². The first-order valence-electron chi connectivity index (χ1n) is 17.4. The number of carbonyl (C=O) groups is 6. The van der Waals surface area contributed by atoms with Crippen LogP contribution in [0.3, 0.4) is 0 Å². The molecule has 3 fully saturated rings. The smallest absolute Gasteiger partial charge is 0.289 e. The first kappa shape index (κ1) is 36.9. The number of hydrogen-bond donors (Lipinski definition) is 4. The Bertz CT molecular complexity index is 1380. The van der Waals surface area contributed by atoms with E-state index in [0.29, 0.717) is 25.8 Å². The summed E-state index contributed by atoms with van der Waals surface area (Å²) in [6.07, 6.45) is 7.38. The number of fused-ring (bicyclic) bond motifs is 1. The van der Waals surface area contributed by atoms with Gasteiger partial charge in [-0.2, -0.15) is 0 Å². The molecule has 4 N–H and O–H groups in total. The minimum Gasteiger partial charge on any atom is -0.347 e. The molecule has 9 atom stereocenters. The summed E-state index contributed by atoms with van der Waals surface area (Å²) in [6, 6.07) is -3.99. The zero-order valence-corrected chi connectivity index (χ0v) is 29.5. The highest BCUT2D eigenvalue weighted by molar-refractivity contribution is 6.38. The average Bonchev–Trinajstić information content (AvgIpc) is 3.61. The summed E-state index contributed by atoms with van der Waals surface area (Å²) in [5, 5.41) is 11.3. The van der Waals surface area contributed by atoms with E-state index in [1.54, 1.807) is 4.90 Å². The number of aromatic nitrogens is 2. The predicted molar refractivity (Wildman–Crippen MR) is 178 cm³/mol. The van der Waals surface area contributed by atoms with Crippen LogP contribution in [0.2, 0.25) is 0 Å². The Hall–Kier alpha value is -3.90. The molecule has 1 unspecified atom stereocenters. The third kappa shape index (κ3) is 8.20. The van der Waals surface area contributed by atoms with Gasteiger partial charge in [-0.05, 0) is 67.6 Å². The lowest BCUT2D eigenvalue weighted by atomic mass is 9.84. The summed E-state index contributed by atoms with van der Waals surface area (Å²) in [5.74, 6) is -3.12. The molecule has 1 aromatic heterocycles. The van der Waals surface area contributed by atoms with Crippen LogP contribution in [0.15, 0.2) is 18.6 Å². The van der Waals surface area contributed by atoms with Crippen molar-refractivity contribution in [2.45, 2.75) is 118 Å². The zero-order chi connectivity index (χ0) is 35.5. The lowest BCUT2D eigenvalue weighted by Gasteiger charge is -2.37. The highest BCUT2D eigenvalue weighted by Crippen LogP contribution is 2.48. The lowest BCUT2D eigenvalue weighted by Crippen LogP contribution is -2.62. The van der Waals surface area contributed by atoms with Crippen LogP contribution in [0.25, 0.3) is 0 Å². The van der Waals surface area contributed by atoms with E-state index in [0.717, 1.165) is 12.8 Å². The van der Waals surface area contributed by atoms with E-state index in [9.17, 15) is 28.8 Å². The van der Waals surface area contributed by atoms with Gasteiger partial charge in [0.1, 0.15) is 23.8 Å². The van der Waals surface area contributed by atoms with Crippen molar-refractivity contribution < 1.29 is 28.8 Å². The minimum atomic E-state index is -1.01. The van der Waals surface area contributed by atoms with Gasteiger partial charge in [-0.15, -0.1) is 0 Å². The average molecular weight is 668 g/mol. The predicted octanol–water partition coefficient (Wildman–Crippen LogP) is 2.01. The lowest BCUT2D eigenvalue weighted by molar-refractivity contribution is -0.146. The van der Waals surface area contributed by atoms with Gasteiger partial charge < -0.3 is 26.2 Å². The second kappa shape index (κ2) is 15.1. The van der Waals surface area contributed by atoms with Gasteiger partial charge in [0.25, 0.3) is 11.8 Å². The number of nitrogens with zero attached hydrogens (tertiary/aromatic N) is 3. The fraction of sp³-hybridized carbons (Fsp3) is 0.714. The van der Waals surface area contributed by atoms with Gasteiger partial charge in [-0.25, -0.2) is 4.98 Å². The van der Waals surface area contributed by atoms with Crippen molar-refractivity contribution in [2.24, 2.45) is 35.0 Å². The van der Waals surface area contributed by atoms with Gasteiger partial charge in [0.15, 0.2) is 0 Å². The molecule has 2 saturated heterocycles. The number of likely N-dealkylation sites (tertiary alicyclic amines) is 1. The molecule has 13 nitrogen and oxygen atoms in total. The van der Waals surface area contributed by atoms with Crippen LogP contribution in [-0.2, 0) is 24.0 Å². The van der Waals surface area contributed by atoms with Crippen molar-refractivity contribution in [1.29, 1.82) is 0 Å². The van der Waals surface area contributed by atoms with E-state index in [1.807, 2.05) is 55.4 Å². The Morgan fingerprint density at radius 1 is 1.00 bits per heavy atom. The topological polar surface area (TPSA) is 180 Å². The van der Waals surface area contributed by atoms with E-state index in [-0.39, 0.29) is 41.3 Å². The SMILES string of the molecule is CC[C@H](C)[C@H](NC(=O)c1cnccn1)C(=O)N[C@H](C(=O)N1C[C@@H]2CC3CC[C@@H](C(=O)C(=O)N[C@@H](C)C(C)C)NC(=O)[C@@H]1[C@H]2C3)C(C)(C)C. The van der Waals surface area contributed by atoms with Crippen molar-refractivity contribution in [3.8, 4) is 0 Å². The molecule has 3 aliphatic rings. The number of amides is 5. The molecule has 4 rings (SSSR count). The number of nitrogens with one attached hydrogen (secondary N) is 4. The molecule has 13 heteroatoms. The van der Waals surface area contributed by atoms with E-state index in [4.69, 9.17) is 0 Å². The molecule has 0 radical (unpaired) electrons. The van der Waals surface area contributed by atoms with Gasteiger partial charge in [0.2, 0.25) is 23.5 Å². The van der Waals surface area contributed by atoms with E-state index >= 15 is 0 Å². The second-order valence-electron chi connectivity index (χ2n) is 15.4. The quantitative estimate of drug-likeness (QED) is 0.259. The molecular weight excluding hydrogens is 614 g/mol. The standard InChI is InChI=1S/C35H53N7O6/c1-9-19(4)26(40-30(44)25-16-36-12-13-37-25)31(45)41-29(35(6,7)8)34(48)42-17-22-14-21-10-11-24(39-32(46)27(42)23(22)15-21)28(43)33(47)38-20(5)18(2)3/h12-13,16,18-24,26-27,29H,9-11,14-15,17H2,1-8H3,(H,38,47)(H,39,46)(H,40,44)(H,41,45)/t19-,20-,21?,22-,23-,24-,26-,27-,29+/m0/s1. The molecule has 0 spiro atoms. The molecular formula is C35H53N7O6. The van der Waals surface area contributed by atoms with Gasteiger partial charge in [-0.3, -0.25) is 33.8 Å². The Balaban J connectivity index is 1.56. The van der Waals surface area contributed by atoms with Crippen LogP contribution >= 0.6 is 0 Å². The van der Waals surface area contributed by atoms with Crippen molar-refractivity contribution in [2.75, 3.05) is 6.54 Å². The molecule has 3 heterocycles. The summed E-state index contributed by atoms with van der Waals surface area (Å²) >= 11 is 0. The molecule has 48 heavy (non-hydrogen) atoms. The maximum absolute atomic E-state index is 14.5. The Morgan fingerprint density at radius 2 is 1.71 bits per heavy atom. The Kier molecular flexibility index (Phi) is 11.6. The van der Waals surface area contributed by atoms with E-state index in [1.165, 1.54) is 18.6 Å². The van der Waals surface area contributed by atoms with Gasteiger partial charge in [0.05, 0.1) is 12.2 Å². The summed E-state index contributed by atoms with van der Waals surface area (Å²) in [5.41, 5.74) is -0.681. The van der Waals surface area contributed by atoms with Crippen molar-refractivity contribution >= 4 is 35.3 Å². The van der Waals surface area contributed by atoms with Crippen LogP contribution in [-0.4, -0.2) is 86.9 Å². The van der Waals surface area contributed by atoms with Crippen molar-refractivity contribution in [1.82, 2.24) is 36.1 Å². The van der Waals surface area contributed by atoms with Crippen LogP contribution < -0.4 is 21.3 Å². The van der Waals surface area contributed by atoms with Crippen LogP contribution in [0.4, 0.5) is 0 Å². The minimum absolute atomic E-state index is 0.0684. The molecule has 1 aliphatic carbocycles. The molecule has 2 aliphatic heterocycles. The third-order valence-corrected chi connectivity index (χ3v) is 10.6. The number of ketones is 1. The summed E-state index contributed by atoms with van der Waals surface area (Å²) in [6.45, 7) is 15.4. The molecule has 2 bridgehead atoms. The Morgan fingerprint density at radius 3 is 2.31 bits per heavy atom. The summed E-state index contributed by atoms with van der Waals surface area (Å²) in [7, 11) is 0. The first-order valence-corrected chi connectivity index (χ1v) is 17.4. The van der Waals surface area contributed by atoms with Crippen LogP contribution in [0.5, 0.6) is 0 Å². The van der Waals surface area contributed by atoms with Gasteiger partial charge in [-0.1, -0.05) is 54.9 Å². The van der Waals surface area contributed by atoms with E-state index < -0.39 is 64.9 Å². The normalized spacial score (nSPS) is 26.2. The monoisotopic (exact) mass is 667 g/mol. The molecule has 1 aromatic rings. The maximum atomic E-state index is 14.5. The molecule has 264 valence electrons. The molecule has 5 amide bonds. The zero-order valence-electron chi connectivity index (χ0n) is 29.5. The van der Waals surface area contributed by atoms with Crippen molar-refractivity contribution in [3.05, 3.63) is 24.3 Å². The highest BCUT2D eigenvalue weighted by atomic mass is 16.2. The molecule has 0 aromatic carbocycles. The van der Waals surface area contributed by atoms with Crippen molar-refractivity contribution in [3.63, 3.8) is 0 Å². The number of rotatable bonds is 11. The van der Waals surface area contributed by atoms with E-state index in [2.05, 4.69) is 31.2 Å². The largest absolute Gasteiger partial charge is 0.347 e. The van der Waals surface area contributed by atoms with Gasteiger partial charge >= 0.3 is 0 Å². The fourth-order valence-electron chi connectivity index (χ4n) is 7.18.